The Balaban J connectivity index is 1.30. The second-order valence-corrected chi connectivity index (χ2v) is 9.08. The van der Waals surface area contributed by atoms with Crippen LogP contribution < -0.4 is 14.7 Å². The van der Waals surface area contributed by atoms with Crippen molar-refractivity contribution in [3.8, 4) is 0 Å². The van der Waals surface area contributed by atoms with E-state index in [1.807, 2.05) is 46.2 Å². The third kappa shape index (κ3) is 4.73. The fourth-order valence-electron chi connectivity index (χ4n) is 5.02. The van der Waals surface area contributed by atoms with Crippen molar-refractivity contribution >= 4 is 23.2 Å². The van der Waals surface area contributed by atoms with E-state index in [0.717, 1.165) is 34.7 Å². The summed E-state index contributed by atoms with van der Waals surface area (Å²) >= 11 is 0. The molecule has 0 saturated carbocycles. The minimum absolute atomic E-state index is 0.0358. The number of nitrogens with one attached hydrogen (secondary N) is 1. The molecule has 0 aromatic heterocycles. The zero-order chi connectivity index (χ0) is 23.5. The molecule has 174 valence electrons. The van der Waals surface area contributed by atoms with Gasteiger partial charge in [-0.15, -0.1) is 0 Å². The van der Waals surface area contributed by atoms with Gasteiger partial charge < -0.3 is 14.7 Å². The van der Waals surface area contributed by atoms with Crippen molar-refractivity contribution in [3.05, 3.63) is 95.3 Å². The molecule has 3 aromatic carbocycles. The number of rotatable bonds is 7. The summed E-state index contributed by atoms with van der Waals surface area (Å²) < 4.78 is 13.3. The molecule has 0 unspecified atom stereocenters. The molecule has 0 bridgehead atoms. The Hall–Kier alpha value is -3.51. The van der Waals surface area contributed by atoms with E-state index in [0.29, 0.717) is 26.1 Å². The molecule has 5 rings (SSSR count). The minimum Gasteiger partial charge on any atom is -0.319 e. The maximum absolute atomic E-state index is 13.3. The van der Waals surface area contributed by atoms with Crippen molar-refractivity contribution in [1.29, 1.82) is 0 Å². The van der Waals surface area contributed by atoms with Crippen molar-refractivity contribution in [1.82, 2.24) is 0 Å². The van der Waals surface area contributed by atoms with Crippen LogP contribution in [0.3, 0.4) is 0 Å². The van der Waals surface area contributed by atoms with E-state index in [9.17, 15) is 14.0 Å². The largest absolute Gasteiger partial charge is 0.319 e. The topological polar surface area (TPSA) is 45.1 Å². The molecule has 0 radical (unpaired) electrons. The Labute approximate surface area is 199 Å². The maximum atomic E-state index is 13.3. The van der Waals surface area contributed by atoms with Crippen LogP contribution in [0.1, 0.15) is 16.7 Å². The fourth-order valence-corrected chi connectivity index (χ4v) is 5.02. The molecule has 5 nitrogen and oxygen atoms in total. The molecular weight excluding hydrogens is 429 g/mol. The van der Waals surface area contributed by atoms with Crippen LogP contribution in [-0.2, 0) is 28.9 Å². The number of anilines is 2. The van der Waals surface area contributed by atoms with Gasteiger partial charge in [0.2, 0.25) is 0 Å². The summed E-state index contributed by atoms with van der Waals surface area (Å²) in [7, 11) is 0. The minimum atomic E-state index is -0.265. The van der Waals surface area contributed by atoms with Crippen LogP contribution in [0.5, 0.6) is 0 Å². The quantitative estimate of drug-likeness (QED) is 0.591. The van der Waals surface area contributed by atoms with Gasteiger partial charge in [0.25, 0.3) is 11.8 Å². The number of nitrogens with zero attached hydrogens (tertiary/aromatic N) is 2. The summed E-state index contributed by atoms with van der Waals surface area (Å²) in [6, 6.07) is 22.5. The molecular formula is C28H29FN3O2+. The highest BCUT2D eigenvalue weighted by molar-refractivity contribution is 5.97. The van der Waals surface area contributed by atoms with E-state index in [1.54, 1.807) is 12.1 Å². The Morgan fingerprint density at radius 3 is 1.76 bits per heavy atom. The summed E-state index contributed by atoms with van der Waals surface area (Å²) in [5.41, 5.74) is 5.33. The third-order valence-electron chi connectivity index (χ3n) is 6.86. The van der Waals surface area contributed by atoms with E-state index >= 15 is 0 Å². The van der Waals surface area contributed by atoms with Gasteiger partial charge in [-0.05, 0) is 53.8 Å². The van der Waals surface area contributed by atoms with E-state index in [1.165, 1.54) is 23.3 Å². The second-order valence-electron chi connectivity index (χ2n) is 9.08. The molecule has 2 amide bonds. The standard InChI is InChI=1S/C28H28FN3O2/c29-24-11-9-21(10-12-24)13-16-30(19-27(33)31-17-14-22-5-1-3-7-25(22)31)20-28(34)32-18-15-23-6-2-4-8-26(23)32/h1-12H,13-20H2/p+1. The lowest BCUT2D eigenvalue weighted by atomic mass is 10.1. The van der Waals surface area contributed by atoms with Crippen molar-refractivity contribution < 1.29 is 18.9 Å². The van der Waals surface area contributed by atoms with E-state index in [-0.39, 0.29) is 30.7 Å². The number of carbonyl (C=O) groups is 2. The average Bonchev–Trinajstić information content (AvgIpc) is 3.48. The summed E-state index contributed by atoms with van der Waals surface area (Å²) in [5.74, 6) is -0.193. The van der Waals surface area contributed by atoms with Gasteiger partial charge in [-0.3, -0.25) is 9.59 Å². The molecule has 34 heavy (non-hydrogen) atoms. The molecule has 6 heteroatoms. The highest BCUT2D eigenvalue weighted by atomic mass is 19.1. The number of hydrogen-bond acceptors (Lipinski definition) is 2. The number of hydrogen-bond donors (Lipinski definition) is 1. The van der Waals surface area contributed by atoms with Crippen LogP contribution in [0.25, 0.3) is 0 Å². The van der Waals surface area contributed by atoms with Gasteiger partial charge >= 0.3 is 0 Å². The molecule has 3 aromatic rings. The van der Waals surface area contributed by atoms with Gasteiger partial charge in [0.05, 0.1) is 6.54 Å². The molecule has 0 atom stereocenters. The molecule has 0 spiro atoms. The average molecular weight is 459 g/mol. The predicted octanol–water partition coefficient (Wildman–Crippen LogP) is 2.43. The smallest absolute Gasteiger partial charge is 0.282 e. The highest BCUT2D eigenvalue weighted by Gasteiger charge is 2.31. The molecule has 1 N–H and O–H groups in total. The lowest BCUT2D eigenvalue weighted by molar-refractivity contribution is -0.883. The van der Waals surface area contributed by atoms with Gasteiger partial charge in [-0.1, -0.05) is 48.5 Å². The monoisotopic (exact) mass is 458 g/mol. The Kier molecular flexibility index (Phi) is 6.41. The zero-order valence-electron chi connectivity index (χ0n) is 19.2. The molecule has 2 aliphatic rings. The lowest BCUT2D eigenvalue weighted by Gasteiger charge is -2.25. The number of quaternary nitrogens is 1. The normalized spacial score (nSPS) is 14.4. The van der Waals surface area contributed by atoms with Crippen LogP contribution in [0.4, 0.5) is 15.8 Å². The van der Waals surface area contributed by atoms with Gasteiger partial charge in [0.1, 0.15) is 5.82 Å². The summed E-state index contributed by atoms with van der Waals surface area (Å²) in [5, 5.41) is 0. The van der Waals surface area contributed by atoms with Crippen LogP contribution in [0, 0.1) is 5.82 Å². The molecule has 2 aliphatic heterocycles. The van der Waals surface area contributed by atoms with Crippen molar-refractivity contribution in [2.24, 2.45) is 0 Å². The zero-order valence-corrected chi connectivity index (χ0v) is 19.2. The number of para-hydroxylation sites is 2. The fraction of sp³-hybridized carbons (Fsp3) is 0.286. The first-order chi connectivity index (χ1) is 16.6. The first-order valence-corrected chi connectivity index (χ1v) is 11.9. The van der Waals surface area contributed by atoms with Gasteiger partial charge in [-0.2, -0.15) is 0 Å². The van der Waals surface area contributed by atoms with Crippen molar-refractivity contribution in [2.75, 3.05) is 42.5 Å². The Morgan fingerprint density at radius 2 is 1.24 bits per heavy atom. The number of amides is 2. The van der Waals surface area contributed by atoms with E-state index in [2.05, 4.69) is 12.1 Å². The highest BCUT2D eigenvalue weighted by Crippen LogP contribution is 2.28. The predicted molar refractivity (Wildman–Crippen MR) is 131 cm³/mol. The van der Waals surface area contributed by atoms with Crippen LogP contribution >= 0.6 is 0 Å². The summed E-state index contributed by atoms with van der Waals surface area (Å²) in [6.45, 7) is 2.47. The summed E-state index contributed by atoms with van der Waals surface area (Å²) in [4.78, 5) is 31.2. The Bertz CT molecular complexity index is 1120. The number of fused-ring (bicyclic) bond motifs is 2. The molecule has 0 fully saturated rings. The Morgan fingerprint density at radius 1 is 0.735 bits per heavy atom. The van der Waals surface area contributed by atoms with Crippen molar-refractivity contribution in [2.45, 2.75) is 19.3 Å². The number of carbonyl (C=O) groups excluding carboxylic acids is 2. The summed E-state index contributed by atoms with van der Waals surface area (Å²) in [6.07, 6.45) is 2.38. The van der Waals surface area contributed by atoms with Crippen LogP contribution in [0.15, 0.2) is 72.8 Å². The van der Waals surface area contributed by atoms with Gasteiger partial charge in [0, 0.05) is 30.9 Å². The van der Waals surface area contributed by atoms with E-state index < -0.39 is 0 Å². The van der Waals surface area contributed by atoms with E-state index in [4.69, 9.17) is 0 Å². The van der Waals surface area contributed by atoms with Crippen molar-refractivity contribution in [3.63, 3.8) is 0 Å². The van der Waals surface area contributed by atoms with Crippen LogP contribution in [-0.4, -0.2) is 44.5 Å². The number of benzene rings is 3. The molecule has 0 saturated heterocycles. The first kappa shape index (κ1) is 22.3. The van der Waals surface area contributed by atoms with Gasteiger partial charge in [0.15, 0.2) is 13.1 Å². The first-order valence-electron chi connectivity index (χ1n) is 11.9. The van der Waals surface area contributed by atoms with Crippen LogP contribution in [0.2, 0.25) is 0 Å². The third-order valence-corrected chi connectivity index (χ3v) is 6.86. The lowest BCUT2D eigenvalue weighted by Crippen LogP contribution is -3.14. The molecule has 0 aliphatic carbocycles. The van der Waals surface area contributed by atoms with Gasteiger partial charge in [-0.25, -0.2) is 4.39 Å². The maximum Gasteiger partial charge on any atom is 0.282 e. The SMILES string of the molecule is O=C(C[NH+](CCc1ccc(F)cc1)CC(=O)N1CCc2ccccc21)N1CCc2ccccc21. The second kappa shape index (κ2) is 9.77. The number of halogens is 1. The molecule has 2 heterocycles.